The van der Waals surface area contributed by atoms with E-state index in [2.05, 4.69) is 10.3 Å². The van der Waals surface area contributed by atoms with E-state index in [1.165, 1.54) is 22.8 Å². The van der Waals surface area contributed by atoms with Crippen molar-refractivity contribution in [2.24, 2.45) is 5.92 Å². The summed E-state index contributed by atoms with van der Waals surface area (Å²) in [6, 6.07) is 10.3. The molecule has 2 aliphatic heterocycles. The van der Waals surface area contributed by atoms with Crippen LogP contribution in [-0.4, -0.2) is 68.5 Å². The van der Waals surface area contributed by atoms with Gasteiger partial charge in [0.25, 0.3) is 5.91 Å². The highest BCUT2D eigenvalue weighted by molar-refractivity contribution is 7.89. The van der Waals surface area contributed by atoms with Crippen LogP contribution in [-0.2, 0) is 24.3 Å². The number of hydrogen-bond donors (Lipinski definition) is 1. The number of hydrogen-bond acceptors (Lipinski definition) is 8. The Hall–Kier alpha value is -3.18. The average Bonchev–Trinajstić information content (AvgIpc) is 2.86. The standard InChI is InChI=1S/C22H25N3O7S/c26-21(24-12-17-14-30-19-5-1-2-6-20(19)32-17)15-31-22(27)16-7-10-25(11-8-16)33(28,29)18-4-3-9-23-13-18/h1-6,9,13,16-17H,7-8,10-12,14-15H2,(H,24,26). The van der Waals surface area contributed by atoms with Crippen molar-refractivity contribution in [3.63, 3.8) is 0 Å². The molecule has 10 nitrogen and oxygen atoms in total. The van der Waals surface area contributed by atoms with Gasteiger partial charge in [0.15, 0.2) is 18.1 Å². The number of amides is 1. The second kappa shape index (κ2) is 10.2. The first-order valence-electron chi connectivity index (χ1n) is 10.7. The van der Waals surface area contributed by atoms with Crippen LogP contribution in [0.1, 0.15) is 12.8 Å². The Balaban J connectivity index is 1.17. The smallest absolute Gasteiger partial charge is 0.309 e. The molecule has 1 amide bonds. The van der Waals surface area contributed by atoms with Crippen molar-refractivity contribution in [3.05, 3.63) is 48.8 Å². The molecule has 1 N–H and O–H groups in total. The maximum absolute atomic E-state index is 12.6. The van der Waals surface area contributed by atoms with Gasteiger partial charge in [-0.15, -0.1) is 0 Å². The van der Waals surface area contributed by atoms with Crippen molar-refractivity contribution >= 4 is 21.9 Å². The zero-order chi connectivity index (χ0) is 23.3. The summed E-state index contributed by atoms with van der Waals surface area (Å²) in [6.07, 6.45) is 3.12. The van der Waals surface area contributed by atoms with Crippen LogP contribution in [0.25, 0.3) is 0 Å². The lowest BCUT2D eigenvalue weighted by Gasteiger charge is -2.30. The molecule has 1 fully saturated rings. The molecule has 1 unspecified atom stereocenters. The maximum atomic E-state index is 12.6. The zero-order valence-electron chi connectivity index (χ0n) is 17.9. The van der Waals surface area contributed by atoms with Crippen LogP contribution >= 0.6 is 0 Å². The molecule has 2 aromatic rings. The molecule has 1 aromatic carbocycles. The first-order chi connectivity index (χ1) is 15.9. The number of carbonyl (C=O) groups excluding carboxylic acids is 2. The van der Waals surface area contributed by atoms with E-state index < -0.39 is 34.4 Å². The number of piperidine rings is 1. The van der Waals surface area contributed by atoms with E-state index in [0.29, 0.717) is 30.9 Å². The van der Waals surface area contributed by atoms with E-state index in [0.717, 1.165) is 0 Å². The number of benzene rings is 1. The fourth-order valence-corrected chi connectivity index (χ4v) is 5.11. The first-order valence-corrected chi connectivity index (χ1v) is 12.1. The monoisotopic (exact) mass is 475 g/mol. The summed E-state index contributed by atoms with van der Waals surface area (Å²) in [7, 11) is -3.64. The fourth-order valence-electron chi connectivity index (χ4n) is 3.68. The van der Waals surface area contributed by atoms with Crippen molar-refractivity contribution in [2.45, 2.75) is 23.8 Å². The molecule has 3 heterocycles. The van der Waals surface area contributed by atoms with Crippen LogP contribution in [0.4, 0.5) is 0 Å². The number of para-hydroxylation sites is 2. The summed E-state index contributed by atoms with van der Waals surface area (Å²) in [5.41, 5.74) is 0. The second-order valence-corrected chi connectivity index (χ2v) is 9.71. The molecule has 0 spiro atoms. The molecule has 0 aliphatic carbocycles. The predicted octanol–water partition coefficient (Wildman–Crippen LogP) is 0.982. The van der Waals surface area contributed by atoms with E-state index in [1.54, 1.807) is 12.1 Å². The largest absolute Gasteiger partial charge is 0.486 e. The van der Waals surface area contributed by atoms with Gasteiger partial charge in [0.05, 0.1) is 12.5 Å². The van der Waals surface area contributed by atoms with Gasteiger partial charge in [-0.05, 0) is 37.1 Å². The van der Waals surface area contributed by atoms with Crippen molar-refractivity contribution < 1.29 is 32.2 Å². The minimum absolute atomic E-state index is 0.124. The van der Waals surface area contributed by atoms with E-state index in [9.17, 15) is 18.0 Å². The van der Waals surface area contributed by atoms with Crippen molar-refractivity contribution in [1.82, 2.24) is 14.6 Å². The van der Waals surface area contributed by atoms with Crippen LogP contribution in [0.5, 0.6) is 11.5 Å². The molecule has 11 heteroatoms. The maximum Gasteiger partial charge on any atom is 0.309 e. The lowest BCUT2D eigenvalue weighted by atomic mass is 9.98. The highest BCUT2D eigenvalue weighted by Crippen LogP contribution is 2.30. The highest BCUT2D eigenvalue weighted by Gasteiger charge is 2.33. The van der Waals surface area contributed by atoms with Gasteiger partial charge in [-0.25, -0.2) is 8.42 Å². The minimum Gasteiger partial charge on any atom is -0.486 e. The van der Waals surface area contributed by atoms with E-state index in [4.69, 9.17) is 14.2 Å². The number of carbonyl (C=O) groups is 2. The van der Waals surface area contributed by atoms with Gasteiger partial charge in [0, 0.05) is 25.5 Å². The highest BCUT2D eigenvalue weighted by atomic mass is 32.2. The Morgan fingerprint density at radius 1 is 1.12 bits per heavy atom. The van der Waals surface area contributed by atoms with Gasteiger partial charge in [0.1, 0.15) is 17.6 Å². The molecule has 176 valence electrons. The molecular formula is C22H25N3O7S. The number of esters is 1. The summed E-state index contributed by atoms with van der Waals surface area (Å²) in [6.45, 7) is 0.511. The Kier molecular flexibility index (Phi) is 7.09. The molecule has 1 aromatic heterocycles. The predicted molar refractivity (Wildman–Crippen MR) is 116 cm³/mol. The molecule has 4 rings (SSSR count). The van der Waals surface area contributed by atoms with Crippen molar-refractivity contribution in [3.8, 4) is 11.5 Å². The first kappa shape index (κ1) is 23.0. The number of nitrogens with zero attached hydrogens (tertiary/aromatic N) is 2. The van der Waals surface area contributed by atoms with Gasteiger partial charge in [-0.3, -0.25) is 14.6 Å². The third-order valence-corrected chi connectivity index (χ3v) is 7.38. The number of fused-ring (bicyclic) bond motifs is 1. The lowest BCUT2D eigenvalue weighted by Crippen LogP contribution is -2.43. The van der Waals surface area contributed by atoms with Crippen LogP contribution in [0, 0.1) is 5.92 Å². The van der Waals surface area contributed by atoms with Crippen LogP contribution in [0.2, 0.25) is 0 Å². The van der Waals surface area contributed by atoms with Crippen molar-refractivity contribution in [1.29, 1.82) is 0 Å². The van der Waals surface area contributed by atoms with Crippen LogP contribution in [0.15, 0.2) is 53.7 Å². The SMILES string of the molecule is O=C(COC(=O)C1CCN(S(=O)(=O)c2cccnc2)CC1)NCC1COc2ccccc2O1. The Bertz CT molecular complexity index is 1090. The topological polar surface area (TPSA) is 124 Å². The van der Waals surface area contributed by atoms with E-state index in [-0.39, 0.29) is 30.6 Å². The lowest BCUT2D eigenvalue weighted by molar-refractivity contribution is -0.153. The van der Waals surface area contributed by atoms with Crippen LogP contribution < -0.4 is 14.8 Å². The van der Waals surface area contributed by atoms with E-state index in [1.807, 2.05) is 18.2 Å². The Morgan fingerprint density at radius 2 is 1.88 bits per heavy atom. The number of aromatic nitrogens is 1. The minimum atomic E-state index is -3.64. The van der Waals surface area contributed by atoms with Crippen molar-refractivity contribution in [2.75, 3.05) is 32.8 Å². The third kappa shape index (κ3) is 5.60. The molecule has 1 atom stereocenters. The third-order valence-electron chi connectivity index (χ3n) is 5.50. The zero-order valence-corrected chi connectivity index (χ0v) is 18.7. The molecule has 0 bridgehead atoms. The summed E-state index contributed by atoms with van der Waals surface area (Å²) in [5, 5.41) is 2.67. The van der Waals surface area contributed by atoms with Gasteiger partial charge in [-0.1, -0.05) is 12.1 Å². The van der Waals surface area contributed by atoms with Gasteiger partial charge in [-0.2, -0.15) is 4.31 Å². The van der Waals surface area contributed by atoms with Gasteiger partial charge >= 0.3 is 5.97 Å². The van der Waals surface area contributed by atoms with Gasteiger partial charge < -0.3 is 19.5 Å². The summed E-state index contributed by atoms with van der Waals surface area (Å²) >= 11 is 0. The quantitative estimate of drug-likeness (QED) is 0.588. The summed E-state index contributed by atoms with van der Waals surface area (Å²) in [5.74, 6) is -0.124. The average molecular weight is 476 g/mol. The summed E-state index contributed by atoms with van der Waals surface area (Å²) in [4.78, 5) is 28.4. The molecule has 0 saturated carbocycles. The molecule has 1 saturated heterocycles. The molecule has 0 radical (unpaired) electrons. The van der Waals surface area contributed by atoms with Gasteiger partial charge in [0.2, 0.25) is 10.0 Å². The van der Waals surface area contributed by atoms with E-state index >= 15 is 0 Å². The number of ether oxygens (including phenoxy) is 3. The summed E-state index contributed by atoms with van der Waals surface area (Å²) < 4.78 is 43.1. The molecule has 33 heavy (non-hydrogen) atoms. The Labute approximate surface area is 191 Å². The molecule has 2 aliphatic rings. The fraction of sp³-hybridized carbons (Fsp3) is 0.409. The number of nitrogens with one attached hydrogen (secondary N) is 1. The van der Waals surface area contributed by atoms with Crippen LogP contribution in [0.3, 0.4) is 0 Å². The second-order valence-electron chi connectivity index (χ2n) is 7.78. The number of pyridine rings is 1. The molecular weight excluding hydrogens is 450 g/mol. The normalized spacial score (nSPS) is 19.0. The number of rotatable bonds is 7. The number of sulfonamides is 1. The Morgan fingerprint density at radius 3 is 2.61 bits per heavy atom.